The van der Waals surface area contributed by atoms with Crippen LogP contribution in [0, 0.1) is 5.41 Å². The summed E-state index contributed by atoms with van der Waals surface area (Å²) in [7, 11) is 0. The minimum Gasteiger partial charge on any atom is -0.0885 e. The van der Waals surface area contributed by atoms with Crippen molar-refractivity contribution in [2.45, 2.75) is 31.0 Å². The lowest BCUT2D eigenvalue weighted by atomic mass is 9.99. The third-order valence-electron chi connectivity index (χ3n) is 3.07. The lowest BCUT2D eigenvalue weighted by Crippen LogP contribution is -1.99. The predicted octanol–water partition coefficient (Wildman–Crippen LogP) is 3.79. The van der Waals surface area contributed by atoms with Crippen LogP contribution < -0.4 is 0 Å². The summed E-state index contributed by atoms with van der Waals surface area (Å²) in [6.45, 7) is 2.37. The van der Waals surface area contributed by atoms with Gasteiger partial charge in [-0.15, -0.1) is 0 Å². The normalized spacial score (nSPS) is 31.7. The molecule has 0 radical (unpaired) electrons. The first-order valence-electron chi connectivity index (χ1n) is 4.89. The van der Waals surface area contributed by atoms with Crippen LogP contribution in [0.15, 0.2) is 30.3 Å². The Hall–Kier alpha value is -0.300. The fourth-order valence-corrected chi connectivity index (χ4v) is 2.65. The summed E-state index contributed by atoms with van der Waals surface area (Å²) in [6.07, 6.45) is 3.88. The van der Waals surface area contributed by atoms with Crippen molar-refractivity contribution in [1.82, 2.24) is 0 Å². The van der Waals surface area contributed by atoms with Gasteiger partial charge in [-0.1, -0.05) is 53.2 Å². The first-order chi connectivity index (χ1) is 6.21. The molecule has 1 aliphatic rings. The molecule has 1 heteroatoms. The Labute approximate surface area is 88.5 Å². The molecular formula is C12H15Br. The van der Waals surface area contributed by atoms with Crippen LogP contribution in [-0.4, -0.2) is 4.83 Å². The molecule has 0 nitrogen and oxygen atoms in total. The highest BCUT2D eigenvalue weighted by molar-refractivity contribution is 9.09. The first-order valence-corrected chi connectivity index (χ1v) is 5.80. The molecule has 70 valence electrons. The van der Waals surface area contributed by atoms with Gasteiger partial charge in [-0.3, -0.25) is 0 Å². The van der Waals surface area contributed by atoms with Gasteiger partial charge in [0.15, 0.2) is 0 Å². The fraction of sp³-hybridized carbons (Fsp3) is 0.500. The number of alkyl halides is 1. The van der Waals surface area contributed by atoms with Crippen LogP contribution in [-0.2, 0) is 6.42 Å². The van der Waals surface area contributed by atoms with E-state index in [0.717, 1.165) is 4.83 Å². The molecule has 1 aromatic rings. The van der Waals surface area contributed by atoms with Gasteiger partial charge in [0.1, 0.15) is 0 Å². The largest absolute Gasteiger partial charge is 0.0885 e. The molecule has 0 heterocycles. The molecule has 13 heavy (non-hydrogen) atoms. The lowest BCUT2D eigenvalue weighted by Gasteiger charge is -2.08. The van der Waals surface area contributed by atoms with Crippen LogP contribution in [0.3, 0.4) is 0 Å². The Bertz CT molecular complexity index is 280. The van der Waals surface area contributed by atoms with E-state index < -0.39 is 0 Å². The summed E-state index contributed by atoms with van der Waals surface area (Å²) < 4.78 is 0. The number of halogens is 1. The van der Waals surface area contributed by atoms with Gasteiger partial charge in [0, 0.05) is 4.83 Å². The summed E-state index contributed by atoms with van der Waals surface area (Å²) >= 11 is 3.68. The van der Waals surface area contributed by atoms with Crippen molar-refractivity contribution in [3.8, 4) is 0 Å². The molecule has 0 unspecified atom stereocenters. The first kappa shape index (κ1) is 9.26. The summed E-state index contributed by atoms with van der Waals surface area (Å²) in [5, 5.41) is 0. The van der Waals surface area contributed by atoms with E-state index in [9.17, 15) is 0 Å². The highest BCUT2D eigenvalue weighted by Crippen LogP contribution is 2.54. The maximum absolute atomic E-state index is 3.68. The van der Waals surface area contributed by atoms with Crippen molar-refractivity contribution in [1.29, 1.82) is 0 Å². The van der Waals surface area contributed by atoms with Gasteiger partial charge >= 0.3 is 0 Å². The topological polar surface area (TPSA) is 0 Å². The minimum absolute atomic E-state index is 0.579. The third kappa shape index (κ3) is 2.14. The van der Waals surface area contributed by atoms with Gasteiger partial charge in [-0.05, 0) is 30.2 Å². The number of hydrogen-bond donors (Lipinski definition) is 0. The van der Waals surface area contributed by atoms with Crippen molar-refractivity contribution < 1.29 is 0 Å². The quantitative estimate of drug-likeness (QED) is 0.704. The van der Waals surface area contributed by atoms with Crippen molar-refractivity contribution in [3.05, 3.63) is 35.9 Å². The molecule has 0 bridgehead atoms. The SMILES string of the molecule is C[C@@]1(CCc2ccccc2)C[C@@H]1Br. The Morgan fingerprint density at radius 2 is 2.00 bits per heavy atom. The molecule has 1 saturated carbocycles. The van der Waals surface area contributed by atoms with Gasteiger partial charge in [-0.2, -0.15) is 0 Å². The van der Waals surface area contributed by atoms with Gasteiger partial charge < -0.3 is 0 Å². The maximum Gasteiger partial charge on any atom is 0.0205 e. The molecule has 0 spiro atoms. The fourth-order valence-electron chi connectivity index (χ4n) is 1.68. The Kier molecular flexibility index (Phi) is 2.46. The van der Waals surface area contributed by atoms with Gasteiger partial charge in [0.05, 0.1) is 0 Å². The number of benzene rings is 1. The van der Waals surface area contributed by atoms with Crippen molar-refractivity contribution in [2.24, 2.45) is 5.41 Å². The van der Waals surface area contributed by atoms with Gasteiger partial charge in [0.25, 0.3) is 0 Å². The van der Waals surface area contributed by atoms with Crippen LogP contribution in [0.2, 0.25) is 0 Å². The summed E-state index contributed by atoms with van der Waals surface area (Å²) in [5.74, 6) is 0. The highest BCUT2D eigenvalue weighted by atomic mass is 79.9. The van der Waals surface area contributed by atoms with E-state index in [1.165, 1.54) is 24.8 Å². The average Bonchev–Trinajstić information content (AvgIpc) is 2.74. The zero-order chi connectivity index (χ0) is 9.31. The van der Waals surface area contributed by atoms with E-state index in [2.05, 4.69) is 53.2 Å². The van der Waals surface area contributed by atoms with Gasteiger partial charge in [-0.25, -0.2) is 0 Å². The zero-order valence-electron chi connectivity index (χ0n) is 7.96. The second-order valence-electron chi connectivity index (χ2n) is 4.31. The summed E-state index contributed by atoms with van der Waals surface area (Å²) in [5.41, 5.74) is 2.05. The maximum atomic E-state index is 3.68. The van der Waals surface area contributed by atoms with Crippen LogP contribution in [0.5, 0.6) is 0 Å². The molecule has 2 atom stereocenters. The average molecular weight is 239 g/mol. The van der Waals surface area contributed by atoms with E-state index in [-0.39, 0.29) is 0 Å². The van der Waals surface area contributed by atoms with E-state index in [0.29, 0.717) is 5.41 Å². The zero-order valence-corrected chi connectivity index (χ0v) is 9.55. The molecule has 0 aliphatic heterocycles. The number of rotatable bonds is 3. The van der Waals surface area contributed by atoms with Crippen LogP contribution in [0.4, 0.5) is 0 Å². The predicted molar refractivity (Wildman–Crippen MR) is 60.2 cm³/mol. The molecule has 1 aromatic carbocycles. The number of aryl methyl sites for hydroxylation is 1. The Morgan fingerprint density at radius 1 is 1.38 bits per heavy atom. The van der Waals surface area contributed by atoms with Crippen molar-refractivity contribution in [3.63, 3.8) is 0 Å². The Morgan fingerprint density at radius 3 is 2.54 bits per heavy atom. The van der Waals surface area contributed by atoms with Crippen LogP contribution in [0.1, 0.15) is 25.3 Å². The molecule has 0 saturated heterocycles. The van der Waals surface area contributed by atoms with Gasteiger partial charge in [0.2, 0.25) is 0 Å². The van der Waals surface area contributed by atoms with Crippen LogP contribution >= 0.6 is 15.9 Å². The van der Waals surface area contributed by atoms with E-state index >= 15 is 0 Å². The minimum atomic E-state index is 0.579. The monoisotopic (exact) mass is 238 g/mol. The molecule has 1 fully saturated rings. The lowest BCUT2D eigenvalue weighted by molar-refractivity contribution is 0.523. The highest BCUT2D eigenvalue weighted by Gasteiger charge is 2.47. The number of hydrogen-bond acceptors (Lipinski definition) is 0. The molecular weight excluding hydrogens is 224 g/mol. The van der Waals surface area contributed by atoms with Crippen molar-refractivity contribution >= 4 is 15.9 Å². The standard InChI is InChI=1S/C12H15Br/c1-12(9-11(12)13)8-7-10-5-3-2-4-6-10/h2-6,11H,7-9H2,1H3/t11-,12+/m0/s1. The molecule has 0 amide bonds. The molecule has 0 N–H and O–H groups in total. The third-order valence-corrected chi connectivity index (χ3v) is 4.50. The van der Waals surface area contributed by atoms with Crippen molar-refractivity contribution in [2.75, 3.05) is 0 Å². The smallest absolute Gasteiger partial charge is 0.0205 e. The second-order valence-corrected chi connectivity index (χ2v) is 5.42. The summed E-state index contributed by atoms with van der Waals surface area (Å²) in [4.78, 5) is 0.767. The van der Waals surface area contributed by atoms with E-state index in [1.54, 1.807) is 0 Å². The Balaban J connectivity index is 1.87. The second kappa shape index (κ2) is 3.45. The van der Waals surface area contributed by atoms with Crippen LogP contribution in [0.25, 0.3) is 0 Å². The van der Waals surface area contributed by atoms with E-state index in [4.69, 9.17) is 0 Å². The summed E-state index contributed by atoms with van der Waals surface area (Å²) in [6, 6.07) is 10.8. The molecule has 1 aliphatic carbocycles. The van der Waals surface area contributed by atoms with E-state index in [1.807, 2.05) is 0 Å². The molecule has 2 rings (SSSR count). The molecule has 0 aromatic heterocycles.